The Hall–Kier alpha value is -0.630. The highest BCUT2D eigenvalue weighted by atomic mass is 79.9. The van der Waals surface area contributed by atoms with Gasteiger partial charge in [0.25, 0.3) is 0 Å². The minimum Gasteiger partial charge on any atom is -0.478 e. The first-order valence-corrected chi connectivity index (χ1v) is 9.21. The van der Waals surface area contributed by atoms with Gasteiger partial charge in [-0.15, -0.1) is 0 Å². The largest absolute Gasteiger partial charge is 0.478 e. The monoisotopic (exact) mass is 395 g/mol. The number of rotatable bonds is 4. The van der Waals surface area contributed by atoms with Crippen molar-refractivity contribution < 1.29 is 18.3 Å². The zero-order chi connectivity index (χ0) is 15.6. The SMILES string of the molecule is O=C(O)c1cc(S(=O)(=O)NC2CCCCC2)cc(Br)c1Cl. The first-order valence-electron chi connectivity index (χ1n) is 6.56. The fourth-order valence-electron chi connectivity index (χ4n) is 2.38. The van der Waals surface area contributed by atoms with Crippen molar-refractivity contribution in [2.45, 2.75) is 43.0 Å². The van der Waals surface area contributed by atoms with Crippen LogP contribution in [-0.2, 0) is 10.0 Å². The molecule has 0 unspecified atom stereocenters. The second-order valence-electron chi connectivity index (χ2n) is 5.03. The number of carbonyl (C=O) groups is 1. The van der Waals surface area contributed by atoms with Crippen LogP contribution in [0.2, 0.25) is 5.02 Å². The molecule has 0 aromatic heterocycles. The van der Waals surface area contributed by atoms with Crippen LogP contribution in [0.3, 0.4) is 0 Å². The summed E-state index contributed by atoms with van der Waals surface area (Å²) < 4.78 is 27.6. The van der Waals surface area contributed by atoms with Crippen molar-refractivity contribution in [2.24, 2.45) is 0 Å². The van der Waals surface area contributed by atoms with Crippen molar-refractivity contribution in [3.63, 3.8) is 0 Å². The lowest BCUT2D eigenvalue weighted by atomic mass is 9.96. The normalized spacial score (nSPS) is 16.9. The van der Waals surface area contributed by atoms with Gasteiger partial charge < -0.3 is 5.11 Å². The lowest BCUT2D eigenvalue weighted by molar-refractivity contribution is 0.0696. The Morgan fingerprint density at radius 1 is 1.29 bits per heavy atom. The smallest absolute Gasteiger partial charge is 0.337 e. The molecule has 8 heteroatoms. The topological polar surface area (TPSA) is 83.5 Å². The van der Waals surface area contributed by atoms with Gasteiger partial charge in [0, 0.05) is 10.5 Å². The van der Waals surface area contributed by atoms with Gasteiger partial charge in [0.2, 0.25) is 10.0 Å². The number of nitrogens with one attached hydrogen (secondary N) is 1. The first-order chi connectivity index (χ1) is 9.81. The summed E-state index contributed by atoms with van der Waals surface area (Å²) in [5, 5.41) is 9.07. The molecule has 2 N–H and O–H groups in total. The maximum Gasteiger partial charge on any atom is 0.337 e. The number of carboxylic acids is 1. The van der Waals surface area contributed by atoms with E-state index in [1.54, 1.807) is 0 Å². The Labute approximate surface area is 136 Å². The number of hydrogen-bond acceptors (Lipinski definition) is 3. The van der Waals surface area contributed by atoms with E-state index in [9.17, 15) is 13.2 Å². The summed E-state index contributed by atoms with van der Waals surface area (Å²) in [6, 6.07) is 2.31. The minimum absolute atomic E-state index is 0.0147. The van der Waals surface area contributed by atoms with Crippen LogP contribution in [0.15, 0.2) is 21.5 Å². The van der Waals surface area contributed by atoms with Crippen molar-refractivity contribution >= 4 is 43.5 Å². The minimum atomic E-state index is -3.76. The number of sulfonamides is 1. The summed E-state index contributed by atoms with van der Waals surface area (Å²) in [4.78, 5) is 11.0. The standard InChI is InChI=1S/C13H15BrClNO4S/c14-11-7-9(6-10(12(11)15)13(17)18)21(19,20)16-8-4-2-1-3-5-8/h6-8,16H,1-5H2,(H,17,18). The maximum atomic E-state index is 12.4. The zero-order valence-electron chi connectivity index (χ0n) is 11.1. The fraction of sp³-hybridized carbons (Fsp3) is 0.462. The van der Waals surface area contributed by atoms with Crippen molar-refractivity contribution in [3.8, 4) is 0 Å². The molecule has 0 radical (unpaired) electrons. The lowest BCUT2D eigenvalue weighted by Crippen LogP contribution is -2.36. The summed E-state index contributed by atoms with van der Waals surface area (Å²) in [5.41, 5.74) is -0.241. The lowest BCUT2D eigenvalue weighted by Gasteiger charge is -2.22. The highest BCUT2D eigenvalue weighted by molar-refractivity contribution is 9.10. The molecular formula is C13H15BrClNO4S. The highest BCUT2D eigenvalue weighted by Crippen LogP contribution is 2.30. The van der Waals surface area contributed by atoms with Crippen LogP contribution in [0, 0.1) is 0 Å². The van der Waals surface area contributed by atoms with Crippen LogP contribution in [0.4, 0.5) is 0 Å². The number of benzene rings is 1. The first kappa shape index (κ1) is 16.7. The van der Waals surface area contributed by atoms with Crippen LogP contribution in [0.1, 0.15) is 42.5 Å². The van der Waals surface area contributed by atoms with Crippen LogP contribution >= 0.6 is 27.5 Å². The molecule has 1 saturated carbocycles. The van der Waals surface area contributed by atoms with Gasteiger partial charge in [-0.1, -0.05) is 30.9 Å². The molecule has 0 atom stereocenters. The van der Waals surface area contributed by atoms with E-state index in [-0.39, 0.29) is 26.0 Å². The quantitative estimate of drug-likeness (QED) is 0.817. The molecule has 21 heavy (non-hydrogen) atoms. The number of halogens is 2. The molecule has 1 fully saturated rings. The third-order valence-electron chi connectivity index (χ3n) is 3.47. The zero-order valence-corrected chi connectivity index (χ0v) is 14.3. The molecule has 0 aliphatic heterocycles. The Morgan fingerprint density at radius 3 is 2.48 bits per heavy atom. The van der Waals surface area contributed by atoms with E-state index in [1.165, 1.54) is 6.07 Å². The van der Waals surface area contributed by atoms with Gasteiger partial charge >= 0.3 is 5.97 Å². The van der Waals surface area contributed by atoms with Crippen LogP contribution in [0.5, 0.6) is 0 Å². The van der Waals surface area contributed by atoms with Gasteiger partial charge in [0.05, 0.1) is 15.5 Å². The molecule has 1 aromatic carbocycles. The second-order valence-corrected chi connectivity index (χ2v) is 7.97. The van der Waals surface area contributed by atoms with Crippen molar-refractivity contribution in [1.29, 1.82) is 0 Å². The van der Waals surface area contributed by atoms with Crippen LogP contribution in [0.25, 0.3) is 0 Å². The van der Waals surface area contributed by atoms with E-state index < -0.39 is 16.0 Å². The van der Waals surface area contributed by atoms with Gasteiger partial charge in [-0.25, -0.2) is 17.9 Å². The Morgan fingerprint density at radius 2 is 1.90 bits per heavy atom. The van der Waals surface area contributed by atoms with Gasteiger partial charge in [0.15, 0.2) is 0 Å². The Balaban J connectivity index is 2.33. The molecule has 1 aliphatic carbocycles. The van der Waals surface area contributed by atoms with E-state index in [0.717, 1.165) is 38.2 Å². The Bertz CT molecular complexity index is 656. The van der Waals surface area contributed by atoms with Gasteiger partial charge in [0.1, 0.15) is 0 Å². The second kappa shape index (κ2) is 6.64. The molecule has 2 rings (SSSR count). The predicted octanol–water partition coefficient (Wildman–Crippen LogP) is 3.41. The molecular weight excluding hydrogens is 382 g/mol. The average molecular weight is 397 g/mol. The summed E-state index contributed by atoms with van der Waals surface area (Å²) in [7, 11) is -3.76. The Kier molecular flexibility index (Phi) is 5.29. The van der Waals surface area contributed by atoms with E-state index in [2.05, 4.69) is 20.7 Å². The summed E-state index contributed by atoms with van der Waals surface area (Å²) >= 11 is 8.95. The molecule has 116 valence electrons. The molecule has 0 spiro atoms. The van der Waals surface area contributed by atoms with E-state index >= 15 is 0 Å². The van der Waals surface area contributed by atoms with Crippen molar-refractivity contribution in [2.75, 3.05) is 0 Å². The van der Waals surface area contributed by atoms with Crippen LogP contribution < -0.4 is 4.72 Å². The van der Waals surface area contributed by atoms with Gasteiger partial charge in [-0.05, 0) is 40.9 Å². The molecule has 0 heterocycles. The van der Waals surface area contributed by atoms with E-state index in [0.29, 0.717) is 0 Å². The summed E-state index contributed by atoms with van der Waals surface area (Å²) in [5.74, 6) is -1.27. The molecule has 0 bridgehead atoms. The summed E-state index contributed by atoms with van der Waals surface area (Å²) in [6.45, 7) is 0. The van der Waals surface area contributed by atoms with Gasteiger partial charge in [-0.3, -0.25) is 0 Å². The predicted molar refractivity (Wildman–Crippen MR) is 83.3 cm³/mol. The number of aromatic carboxylic acids is 1. The molecule has 0 saturated heterocycles. The third kappa shape index (κ3) is 3.97. The number of carboxylic acid groups (broad SMARTS) is 1. The summed E-state index contributed by atoms with van der Waals surface area (Å²) in [6.07, 6.45) is 4.73. The van der Waals surface area contributed by atoms with E-state index in [1.807, 2.05) is 0 Å². The third-order valence-corrected chi connectivity index (χ3v) is 6.23. The fourth-order valence-corrected chi connectivity index (χ4v) is 4.54. The van der Waals surface area contributed by atoms with Crippen molar-refractivity contribution in [3.05, 3.63) is 27.2 Å². The molecule has 5 nitrogen and oxygen atoms in total. The molecule has 1 aliphatic rings. The van der Waals surface area contributed by atoms with Crippen LogP contribution in [-0.4, -0.2) is 25.5 Å². The average Bonchev–Trinajstić information content (AvgIpc) is 2.41. The van der Waals surface area contributed by atoms with Crippen molar-refractivity contribution in [1.82, 2.24) is 4.72 Å². The van der Waals surface area contributed by atoms with Gasteiger partial charge in [-0.2, -0.15) is 0 Å². The number of hydrogen-bond donors (Lipinski definition) is 2. The molecule has 1 aromatic rings. The van der Waals surface area contributed by atoms with E-state index in [4.69, 9.17) is 16.7 Å². The maximum absolute atomic E-state index is 12.4. The highest BCUT2D eigenvalue weighted by Gasteiger charge is 2.24. The molecule has 0 amide bonds.